The van der Waals surface area contributed by atoms with Crippen molar-refractivity contribution in [2.24, 2.45) is 0 Å². The van der Waals surface area contributed by atoms with Crippen molar-refractivity contribution in [1.82, 2.24) is 4.90 Å². The minimum absolute atomic E-state index is 0.0403. The topological polar surface area (TPSA) is 71.4 Å². The molecule has 7 nitrogen and oxygen atoms in total. The first-order valence-electron chi connectivity index (χ1n) is 10.0. The van der Waals surface area contributed by atoms with Crippen LogP contribution in [0.1, 0.15) is 12.0 Å². The van der Waals surface area contributed by atoms with Crippen LogP contribution in [0.3, 0.4) is 0 Å². The molecule has 1 N–H and O–H groups in total. The monoisotopic (exact) mass is 410 g/mol. The number of quaternary nitrogens is 1. The number of aryl methyl sites for hydroxylation is 1. The van der Waals surface area contributed by atoms with E-state index in [2.05, 4.69) is 36.1 Å². The van der Waals surface area contributed by atoms with Gasteiger partial charge in [0, 0.05) is 25.4 Å². The van der Waals surface area contributed by atoms with Gasteiger partial charge in [-0.25, -0.2) is 8.42 Å². The molecular weight excluding hydrogens is 378 g/mol. The average molecular weight is 411 g/mol. The predicted molar refractivity (Wildman–Crippen MR) is 110 cm³/mol. The van der Waals surface area contributed by atoms with Crippen molar-refractivity contribution >= 4 is 21.4 Å². The Morgan fingerprint density at radius 2 is 2.00 bits per heavy atom. The number of anilines is 1. The molecule has 0 bridgehead atoms. The second-order valence-electron chi connectivity index (χ2n) is 7.84. The predicted octanol–water partition coefficient (Wildman–Crippen LogP) is -0.638. The zero-order valence-electron chi connectivity index (χ0n) is 16.9. The molecule has 1 aromatic carbocycles. The Bertz CT molecular complexity index is 775. The molecule has 0 aromatic heterocycles. The molecule has 2 heterocycles. The van der Waals surface area contributed by atoms with Gasteiger partial charge in [0.1, 0.15) is 0 Å². The number of rotatable bonds is 7. The number of piperazine rings is 1. The Hall–Kier alpha value is -1.64. The third-order valence-electron chi connectivity index (χ3n) is 5.83. The van der Waals surface area contributed by atoms with Crippen LogP contribution >= 0.6 is 0 Å². The quantitative estimate of drug-likeness (QED) is 0.648. The van der Waals surface area contributed by atoms with E-state index in [0.717, 1.165) is 26.2 Å². The van der Waals surface area contributed by atoms with Crippen LogP contribution in [0.25, 0.3) is 0 Å². The van der Waals surface area contributed by atoms with Crippen molar-refractivity contribution in [3.63, 3.8) is 0 Å². The Labute approximate surface area is 168 Å². The summed E-state index contributed by atoms with van der Waals surface area (Å²) in [6.07, 6.45) is 0.536. The van der Waals surface area contributed by atoms with Crippen LogP contribution in [0, 0.1) is 6.92 Å². The summed E-state index contributed by atoms with van der Waals surface area (Å²) in [5, 5.41) is 0. The molecule has 1 atom stereocenters. The molecule has 1 amide bonds. The fourth-order valence-corrected chi connectivity index (χ4v) is 5.93. The number of sulfone groups is 1. The Morgan fingerprint density at radius 3 is 2.61 bits per heavy atom. The number of carbonyl (C=O) groups is 1. The van der Waals surface area contributed by atoms with Crippen molar-refractivity contribution in [3.8, 4) is 0 Å². The minimum Gasteiger partial charge on any atom is -0.383 e. The van der Waals surface area contributed by atoms with Gasteiger partial charge in [0.2, 0.25) is 0 Å². The van der Waals surface area contributed by atoms with Crippen LogP contribution in [0.2, 0.25) is 0 Å². The van der Waals surface area contributed by atoms with E-state index in [9.17, 15) is 13.2 Å². The normalized spacial score (nSPS) is 22.4. The van der Waals surface area contributed by atoms with Gasteiger partial charge < -0.3 is 19.4 Å². The molecule has 156 valence electrons. The van der Waals surface area contributed by atoms with E-state index < -0.39 is 9.84 Å². The lowest BCUT2D eigenvalue weighted by molar-refractivity contribution is -0.892. The minimum atomic E-state index is -3.02. The van der Waals surface area contributed by atoms with Crippen LogP contribution in [0.4, 0.5) is 5.69 Å². The number of ether oxygens (including phenoxy) is 1. The molecule has 2 saturated heterocycles. The average Bonchev–Trinajstić information content (AvgIpc) is 3.03. The van der Waals surface area contributed by atoms with Crippen LogP contribution in [-0.4, -0.2) is 89.8 Å². The smallest absolute Gasteiger partial charge is 0.278 e. The van der Waals surface area contributed by atoms with E-state index in [-0.39, 0.29) is 23.5 Å². The molecule has 2 aliphatic heterocycles. The molecule has 2 aliphatic rings. The second kappa shape index (κ2) is 9.24. The highest BCUT2D eigenvalue weighted by atomic mass is 32.2. The van der Waals surface area contributed by atoms with Crippen molar-refractivity contribution in [2.45, 2.75) is 19.4 Å². The summed E-state index contributed by atoms with van der Waals surface area (Å²) in [5.41, 5.74) is 2.54. The van der Waals surface area contributed by atoms with E-state index in [4.69, 9.17) is 4.74 Å². The number of carbonyl (C=O) groups excluding carboxylic acids is 1. The third kappa shape index (κ3) is 5.24. The molecule has 0 saturated carbocycles. The first-order chi connectivity index (χ1) is 13.4. The number of amides is 1. The summed E-state index contributed by atoms with van der Waals surface area (Å²) < 4.78 is 28.8. The summed E-state index contributed by atoms with van der Waals surface area (Å²) in [6, 6.07) is 8.19. The van der Waals surface area contributed by atoms with Crippen LogP contribution in [0.15, 0.2) is 24.3 Å². The summed E-state index contributed by atoms with van der Waals surface area (Å²) in [6.45, 7) is 7.08. The Kier molecular flexibility index (Phi) is 6.95. The SMILES string of the molecule is COCCN(C(=O)C[NH+]1CCN(c2ccccc2C)CC1)[C@@H]1CCS(=O)(=O)C1. The Morgan fingerprint density at radius 1 is 1.29 bits per heavy atom. The van der Waals surface area contributed by atoms with Crippen LogP contribution in [-0.2, 0) is 19.4 Å². The number of para-hydroxylation sites is 1. The number of hydrogen-bond acceptors (Lipinski definition) is 5. The molecule has 8 heteroatoms. The lowest BCUT2D eigenvalue weighted by Crippen LogP contribution is -3.16. The zero-order valence-corrected chi connectivity index (χ0v) is 17.7. The van der Waals surface area contributed by atoms with Gasteiger partial charge in [-0.3, -0.25) is 4.79 Å². The summed E-state index contributed by atoms with van der Waals surface area (Å²) in [7, 11) is -1.42. The molecular formula is C20H32N3O4S+. The maximum absolute atomic E-state index is 13.0. The van der Waals surface area contributed by atoms with E-state index >= 15 is 0 Å². The van der Waals surface area contributed by atoms with Gasteiger partial charge >= 0.3 is 0 Å². The van der Waals surface area contributed by atoms with E-state index in [1.54, 1.807) is 12.0 Å². The first-order valence-corrected chi connectivity index (χ1v) is 11.8. The summed E-state index contributed by atoms with van der Waals surface area (Å²) >= 11 is 0. The van der Waals surface area contributed by atoms with Crippen LogP contribution < -0.4 is 9.80 Å². The highest BCUT2D eigenvalue weighted by molar-refractivity contribution is 7.91. The van der Waals surface area contributed by atoms with Gasteiger partial charge in [-0.15, -0.1) is 0 Å². The molecule has 0 unspecified atom stereocenters. The highest BCUT2D eigenvalue weighted by Gasteiger charge is 2.36. The second-order valence-corrected chi connectivity index (χ2v) is 10.1. The van der Waals surface area contributed by atoms with Gasteiger partial charge in [0.15, 0.2) is 16.4 Å². The zero-order chi connectivity index (χ0) is 20.1. The highest BCUT2D eigenvalue weighted by Crippen LogP contribution is 2.19. The molecule has 2 fully saturated rings. The molecule has 3 rings (SSSR count). The van der Waals surface area contributed by atoms with E-state index in [1.165, 1.54) is 16.2 Å². The molecule has 28 heavy (non-hydrogen) atoms. The number of methoxy groups -OCH3 is 1. The van der Waals surface area contributed by atoms with Crippen molar-refractivity contribution in [1.29, 1.82) is 0 Å². The van der Waals surface area contributed by atoms with Crippen molar-refractivity contribution in [2.75, 3.05) is 69.4 Å². The fraction of sp³-hybridized carbons (Fsp3) is 0.650. The van der Waals surface area contributed by atoms with E-state index in [1.807, 2.05) is 0 Å². The van der Waals surface area contributed by atoms with Gasteiger partial charge in [-0.05, 0) is 25.0 Å². The molecule has 1 aromatic rings. The van der Waals surface area contributed by atoms with Gasteiger partial charge in [-0.1, -0.05) is 18.2 Å². The lowest BCUT2D eigenvalue weighted by atomic mass is 10.1. The Balaban J connectivity index is 1.56. The maximum Gasteiger partial charge on any atom is 0.278 e. The van der Waals surface area contributed by atoms with Gasteiger partial charge in [0.25, 0.3) is 5.91 Å². The molecule has 0 aliphatic carbocycles. The van der Waals surface area contributed by atoms with Gasteiger partial charge in [-0.2, -0.15) is 0 Å². The molecule has 0 radical (unpaired) electrons. The summed E-state index contributed by atoms with van der Waals surface area (Å²) in [5.74, 6) is 0.299. The number of nitrogens with zero attached hydrogens (tertiary/aromatic N) is 2. The van der Waals surface area contributed by atoms with E-state index in [0.29, 0.717) is 26.1 Å². The maximum atomic E-state index is 13.0. The first kappa shape index (κ1) is 21.1. The number of benzene rings is 1. The fourth-order valence-electron chi connectivity index (χ4n) is 4.20. The standard InChI is InChI=1S/C20H31N3O4S/c1-17-5-3-4-6-19(17)22-10-8-21(9-11-22)15-20(24)23(12-13-27-2)18-7-14-28(25,26)16-18/h3-6,18H,7-16H2,1-2H3/p+1/t18-/m1/s1. The molecule has 0 spiro atoms. The number of hydrogen-bond donors (Lipinski definition) is 1. The van der Waals surface area contributed by atoms with Gasteiger partial charge in [0.05, 0.1) is 44.3 Å². The van der Waals surface area contributed by atoms with Crippen molar-refractivity contribution in [3.05, 3.63) is 29.8 Å². The third-order valence-corrected chi connectivity index (χ3v) is 7.58. The van der Waals surface area contributed by atoms with Crippen molar-refractivity contribution < 1.29 is 22.8 Å². The van der Waals surface area contributed by atoms with Crippen LogP contribution in [0.5, 0.6) is 0 Å². The number of nitrogens with one attached hydrogen (secondary N) is 1. The lowest BCUT2D eigenvalue weighted by Gasteiger charge is -2.35. The largest absolute Gasteiger partial charge is 0.383 e. The summed E-state index contributed by atoms with van der Waals surface area (Å²) in [4.78, 5) is 18.4.